The second-order valence-electron chi connectivity index (χ2n) is 3.99. The normalized spacial score (nSPS) is 15.8. The molecule has 1 aromatic heterocycles. The molecule has 0 aliphatic carbocycles. The van der Waals surface area contributed by atoms with Gasteiger partial charge in [0.25, 0.3) is 0 Å². The summed E-state index contributed by atoms with van der Waals surface area (Å²) >= 11 is 1.76. The predicted octanol–water partition coefficient (Wildman–Crippen LogP) is 2.88. The van der Waals surface area contributed by atoms with Gasteiger partial charge in [-0.25, -0.2) is 4.98 Å². The molecular weight excluding hydrogens is 192 g/mol. The Kier molecular flexibility index (Phi) is 4.55. The van der Waals surface area contributed by atoms with E-state index in [0.29, 0.717) is 17.9 Å². The summed E-state index contributed by atoms with van der Waals surface area (Å²) in [5, 5.41) is 6.80. The third-order valence-electron chi connectivity index (χ3n) is 2.52. The van der Waals surface area contributed by atoms with Gasteiger partial charge in [0.1, 0.15) is 0 Å². The molecule has 0 radical (unpaired) electrons. The van der Waals surface area contributed by atoms with Gasteiger partial charge in [0.05, 0.1) is 5.01 Å². The Labute approximate surface area is 90.8 Å². The lowest BCUT2D eigenvalue weighted by molar-refractivity contribution is 0.382. The summed E-state index contributed by atoms with van der Waals surface area (Å²) < 4.78 is 0. The minimum absolute atomic E-state index is 0.506. The number of hydrogen-bond donors (Lipinski definition) is 1. The van der Waals surface area contributed by atoms with E-state index < -0.39 is 0 Å². The number of thiazole rings is 1. The lowest BCUT2D eigenvalue weighted by Crippen LogP contribution is -2.34. The highest BCUT2D eigenvalue weighted by Crippen LogP contribution is 2.29. The van der Waals surface area contributed by atoms with Crippen molar-refractivity contribution in [2.75, 3.05) is 6.54 Å². The molecule has 1 rings (SSSR count). The van der Waals surface area contributed by atoms with Crippen molar-refractivity contribution in [3.05, 3.63) is 16.6 Å². The van der Waals surface area contributed by atoms with E-state index in [1.54, 1.807) is 11.3 Å². The van der Waals surface area contributed by atoms with Gasteiger partial charge in [-0.2, -0.15) is 0 Å². The largest absolute Gasteiger partial charge is 0.314 e. The molecule has 14 heavy (non-hydrogen) atoms. The van der Waals surface area contributed by atoms with Crippen LogP contribution in [0.4, 0.5) is 0 Å². The second kappa shape index (κ2) is 5.47. The van der Waals surface area contributed by atoms with Gasteiger partial charge in [-0.15, -0.1) is 11.3 Å². The van der Waals surface area contributed by atoms with Crippen LogP contribution in [0, 0.1) is 5.92 Å². The number of nitrogens with one attached hydrogen (secondary N) is 1. The molecule has 0 spiro atoms. The molecule has 1 aromatic rings. The first-order valence-corrected chi connectivity index (χ1v) is 6.17. The molecule has 80 valence electrons. The Morgan fingerprint density at radius 1 is 1.43 bits per heavy atom. The maximum atomic E-state index is 4.42. The first-order chi connectivity index (χ1) is 6.66. The zero-order valence-corrected chi connectivity index (χ0v) is 10.3. The standard InChI is InChI=1S/C11H20N2S/c1-5-12-9(4)10(8(2)3)11-13-6-7-14-11/h6-10,12H,5H2,1-4H3. The van der Waals surface area contributed by atoms with E-state index in [2.05, 4.69) is 43.4 Å². The molecule has 2 unspecified atom stereocenters. The van der Waals surface area contributed by atoms with Crippen molar-refractivity contribution < 1.29 is 0 Å². The van der Waals surface area contributed by atoms with Gasteiger partial charge in [-0.3, -0.25) is 0 Å². The van der Waals surface area contributed by atoms with E-state index in [1.807, 2.05) is 6.20 Å². The predicted molar refractivity (Wildman–Crippen MR) is 62.8 cm³/mol. The van der Waals surface area contributed by atoms with E-state index in [0.717, 1.165) is 6.54 Å². The third-order valence-corrected chi connectivity index (χ3v) is 3.40. The van der Waals surface area contributed by atoms with E-state index in [9.17, 15) is 0 Å². The molecule has 1 heterocycles. The van der Waals surface area contributed by atoms with Gasteiger partial charge >= 0.3 is 0 Å². The summed E-state index contributed by atoms with van der Waals surface area (Å²) in [6.45, 7) is 9.95. The van der Waals surface area contributed by atoms with Crippen molar-refractivity contribution in [2.45, 2.75) is 39.7 Å². The molecule has 0 saturated heterocycles. The topological polar surface area (TPSA) is 24.9 Å². The van der Waals surface area contributed by atoms with Crippen LogP contribution in [0.15, 0.2) is 11.6 Å². The maximum Gasteiger partial charge on any atom is 0.0973 e. The molecule has 0 amide bonds. The monoisotopic (exact) mass is 212 g/mol. The first kappa shape index (κ1) is 11.7. The van der Waals surface area contributed by atoms with E-state index in [4.69, 9.17) is 0 Å². The summed E-state index contributed by atoms with van der Waals surface area (Å²) in [6, 6.07) is 0.506. The van der Waals surface area contributed by atoms with Crippen LogP contribution in [-0.4, -0.2) is 17.6 Å². The summed E-state index contributed by atoms with van der Waals surface area (Å²) in [6.07, 6.45) is 1.90. The van der Waals surface area contributed by atoms with Crippen LogP contribution >= 0.6 is 11.3 Å². The number of nitrogens with zero attached hydrogens (tertiary/aromatic N) is 1. The van der Waals surface area contributed by atoms with Crippen molar-refractivity contribution >= 4 is 11.3 Å². The highest BCUT2D eigenvalue weighted by atomic mass is 32.1. The Morgan fingerprint density at radius 2 is 2.14 bits per heavy atom. The van der Waals surface area contributed by atoms with Gasteiger partial charge in [-0.1, -0.05) is 20.8 Å². The fourth-order valence-corrected chi connectivity index (χ4v) is 2.94. The highest BCUT2D eigenvalue weighted by molar-refractivity contribution is 7.09. The van der Waals surface area contributed by atoms with E-state index in [1.165, 1.54) is 5.01 Å². The molecule has 0 aliphatic heterocycles. The van der Waals surface area contributed by atoms with Crippen LogP contribution in [0.2, 0.25) is 0 Å². The number of aromatic nitrogens is 1. The molecule has 0 bridgehead atoms. The van der Waals surface area contributed by atoms with E-state index in [-0.39, 0.29) is 0 Å². The smallest absolute Gasteiger partial charge is 0.0973 e. The van der Waals surface area contributed by atoms with E-state index >= 15 is 0 Å². The summed E-state index contributed by atoms with van der Waals surface area (Å²) in [4.78, 5) is 4.42. The zero-order chi connectivity index (χ0) is 10.6. The molecule has 2 atom stereocenters. The minimum Gasteiger partial charge on any atom is -0.314 e. The fourth-order valence-electron chi connectivity index (χ4n) is 1.92. The average Bonchev–Trinajstić information content (AvgIpc) is 2.57. The Morgan fingerprint density at radius 3 is 2.57 bits per heavy atom. The molecular formula is C11H20N2S. The van der Waals surface area contributed by atoms with Crippen molar-refractivity contribution in [2.24, 2.45) is 5.92 Å². The highest BCUT2D eigenvalue weighted by Gasteiger charge is 2.23. The molecule has 0 aromatic carbocycles. The van der Waals surface area contributed by atoms with Crippen molar-refractivity contribution in [3.8, 4) is 0 Å². The number of rotatable bonds is 5. The maximum absolute atomic E-state index is 4.42. The van der Waals surface area contributed by atoms with Crippen LogP contribution in [0.3, 0.4) is 0 Å². The number of likely N-dealkylation sites (N-methyl/N-ethyl adjacent to an activating group) is 1. The van der Waals surface area contributed by atoms with Crippen LogP contribution in [-0.2, 0) is 0 Å². The summed E-state index contributed by atoms with van der Waals surface area (Å²) in [5.41, 5.74) is 0. The molecule has 3 heteroatoms. The van der Waals surface area contributed by atoms with Gasteiger partial charge in [0.2, 0.25) is 0 Å². The Hall–Kier alpha value is -0.410. The van der Waals surface area contributed by atoms with Gasteiger partial charge in [0.15, 0.2) is 0 Å². The van der Waals surface area contributed by atoms with Crippen LogP contribution < -0.4 is 5.32 Å². The second-order valence-corrected chi connectivity index (χ2v) is 4.91. The quantitative estimate of drug-likeness (QED) is 0.812. The van der Waals surface area contributed by atoms with Crippen molar-refractivity contribution in [1.29, 1.82) is 0 Å². The SMILES string of the molecule is CCNC(C)C(c1nccs1)C(C)C. The van der Waals surface area contributed by atoms with Crippen LogP contribution in [0.1, 0.15) is 38.6 Å². The zero-order valence-electron chi connectivity index (χ0n) is 9.45. The number of hydrogen-bond acceptors (Lipinski definition) is 3. The van der Waals surface area contributed by atoms with Gasteiger partial charge < -0.3 is 5.32 Å². The Bertz CT molecular complexity index is 244. The molecule has 1 N–H and O–H groups in total. The molecule has 0 fully saturated rings. The third kappa shape index (κ3) is 2.79. The summed E-state index contributed by atoms with van der Waals surface area (Å²) in [7, 11) is 0. The van der Waals surface area contributed by atoms with Crippen molar-refractivity contribution in [3.63, 3.8) is 0 Å². The molecule has 0 saturated carbocycles. The molecule has 0 aliphatic rings. The van der Waals surface area contributed by atoms with Gasteiger partial charge in [0, 0.05) is 23.5 Å². The minimum atomic E-state index is 0.506. The lowest BCUT2D eigenvalue weighted by Gasteiger charge is -2.26. The van der Waals surface area contributed by atoms with Crippen LogP contribution in [0.5, 0.6) is 0 Å². The van der Waals surface area contributed by atoms with Crippen LogP contribution in [0.25, 0.3) is 0 Å². The average molecular weight is 212 g/mol. The van der Waals surface area contributed by atoms with Crippen molar-refractivity contribution in [1.82, 2.24) is 10.3 Å². The lowest BCUT2D eigenvalue weighted by atomic mass is 9.90. The first-order valence-electron chi connectivity index (χ1n) is 5.29. The Balaban J connectivity index is 2.74. The fraction of sp³-hybridized carbons (Fsp3) is 0.727. The van der Waals surface area contributed by atoms with Gasteiger partial charge in [-0.05, 0) is 19.4 Å². The molecule has 2 nitrogen and oxygen atoms in total. The summed E-state index contributed by atoms with van der Waals surface area (Å²) in [5.74, 6) is 1.17.